The first-order valence-electron chi connectivity index (χ1n) is 6.39. The molecule has 0 fully saturated rings. The summed E-state index contributed by atoms with van der Waals surface area (Å²) in [5.41, 5.74) is 4.96. The van der Waals surface area contributed by atoms with E-state index in [1.165, 1.54) is 13.1 Å². The molecule has 0 saturated carbocycles. The van der Waals surface area contributed by atoms with E-state index in [0.29, 0.717) is 5.52 Å². The maximum Gasteiger partial charge on any atom is 0.554 e. The molecule has 1 aromatic heterocycles. The van der Waals surface area contributed by atoms with Crippen molar-refractivity contribution in [1.29, 1.82) is 0 Å². The van der Waals surface area contributed by atoms with Crippen LogP contribution < -0.4 is 15.9 Å². The predicted molar refractivity (Wildman–Crippen MR) is 75.5 cm³/mol. The molecular formula is C14H14FN2O4+. The summed E-state index contributed by atoms with van der Waals surface area (Å²) < 4.78 is 21.4. The van der Waals surface area contributed by atoms with Crippen molar-refractivity contribution in [2.45, 2.75) is 19.9 Å². The van der Waals surface area contributed by atoms with Crippen molar-refractivity contribution in [3.05, 3.63) is 33.4 Å². The van der Waals surface area contributed by atoms with E-state index in [2.05, 4.69) is 0 Å². The molecule has 6 nitrogen and oxygen atoms in total. The molecule has 1 aromatic carbocycles. The zero-order valence-corrected chi connectivity index (χ0v) is 11.5. The molecule has 0 aliphatic carbocycles. The van der Waals surface area contributed by atoms with Crippen LogP contribution in [0.1, 0.15) is 28.9 Å². The zero-order valence-electron chi connectivity index (χ0n) is 11.5. The van der Waals surface area contributed by atoms with Gasteiger partial charge in [0, 0.05) is 16.6 Å². The van der Waals surface area contributed by atoms with Gasteiger partial charge >= 0.3 is 5.97 Å². The number of carbonyl (C=O) groups is 1. The van der Waals surface area contributed by atoms with Gasteiger partial charge in [-0.2, -0.15) is 0 Å². The molecule has 0 radical (unpaired) electrons. The van der Waals surface area contributed by atoms with Gasteiger partial charge in [0.25, 0.3) is 0 Å². The Labute approximate surface area is 118 Å². The zero-order chi connectivity index (χ0) is 15.5. The number of hydrogen-bond acceptors (Lipinski definition) is 4. The molecule has 1 aliphatic heterocycles. The Balaban J connectivity index is 2.64. The Morgan fingerprint density at radius 2 is 2.24 bits per heavy atom. The molecule has 0 amide bonds. The average molecular weight is 293 g/mol. The molecule has 4 N–H and O–H groups in total. The lowest BCUT2D eigenvalue weighted by Gasteiger charge is -2.28. The minimum Gasteiger partial charge on any atom is -0.561 e. The van der Waals surface area contributed by atoms with E-state index < -0.39 is 17.2 Å². The summed E-state index contributed by atoms with van der Waals surface area (Å²) >= 11 is 0. The van der Waals surface area contributed by atoms with E-state index in [1.54, 1.807) is 4.57 Å². The van der Waals surface area contributed by atoms with Crippen LogP contribution in [0.4, 0.5) is 10.1 Å². The van der Waals surface area contributed by atoms with Crippen LogP contribution in [-0.4, -0.2) is 22.2 Å². The van der Waals surface area contributed by atoms with Gasteiger partial charge in [0.15, 0.2) is 11.4 Å². The molecule has 1 aliphatic rings. The van der Waals surface area contributed by atoms with Crippen molar-refractivity contribution >= 4 is 22.6 Å². The van der Waals surface area contributed by atoms with Gasteiger partial charge in [-0.1, -0.05) is 0 Å². The molecule has 21 heavy (non-hydrogen) atoms. The van der Waals surface area contributed by atoms with Crippen LogP contribution in [-0.2, 0) is 0 Å². The third-order valence-corrected chi connectivity index (χ3v) is 3.81. The molecule has 1 atom stereocenters. The first-order chi connectivity index (χ1) is 9.84. The summed E-state index contributed by atoms with van der Waals surface area (Å²) in [4.78, 5) is 23.7. The molecular weight excluding hydrogens is 279 g/mol. The fourth-order valence-corrected chi connectivity index (χ4v) is 2.67. The van der Waals surface area contributed by atoms with Gasteiger partial charge in [-0.3, -0.25) is 4.79 Å². The Morgan fingerprint density at radius 1 is 1.57 bits per heavy atom. The number of ether oxygens (including phenoxy) is 1. The van der Waals surface area contributed by atoms with Crippen LogP contribution in [0.3, 0.4) is 0 Å². The number of benzene rings is 1. The van der Waals surface area contributed by atoms with Gasteiger partial charge in [0.2, 0.25) is 5.43 Å². The maximum absolute atomic E-state index is 14.2. The monoisotopic (exact) mass is 293 g/mol. The summed E-state index contributed by atoms with van der Waals surface area (Å²) in [6.07, 6.45) is 1.33. The van der Waals surface area contributed by atoms with Gasteiger partial charge in [-0.25, -0.2) is 4.39 Å². The fraction of sp³-hybridized carbons (Fsp3) is 0.286. The summed E-state index contributed by atoms with van der Waals surface area (Å²) in [5, 5.41) is 7.09. The quantitative estimate of drug-likeness (QED) is 0.622. The van der Waals surface area contributed by atoms with Crippen LogP contribution in [0.5, 0.6) is 5.75 Å². The van der Waals surface area contributed by atoms with Crippen LogP contribution in [0.25, 0.3) is 10.9 Å². The summed E-state index contributed by atoms with van der Waals surface area (Å²) in [5.74, 6) is -1.59. The summed E-state index contributed by atoms with van der Waals surface area (Å²) in [6, 6.07) is -0.164. The largest absolute Gasteiger partial charge is 0.561 e. The van der Waals surface area contributed by atoms with Crippen LogP contribution in [0.15, 0.2) is 11.0 Å². The number of anilines is 1. The highest BCUT2D eigenvalue weighted by molar-refractivity contribution is 6.00. The second-order valence-electron chi connectivity index (χ2n) is 5.17. The third-order valence-electron chi connectivity index (χ3n) is 3.81. The topological polar surface area (TPSA) is 97.2 Å². The van der Waals surface area contributed by atoms with Crippen molar-refractivity contribution in [3.8, 4) is 5.75 Å². The highest BCUT2D eigenvalue weighted by atomic mass is 19.1. The molecule has 0 bridgehead atoms. The molecule has 7 heteroatoms. The van der Waals surface area contributed by atoms with Gasteiger partial charge < -0.3 is 20.1 Å². The Kier molecular flexibility index (Phi) is 2.69. The summed E-state index contributed by atoms with van der Waals surface area (Å²) in [7, 11) is 0. The van der Waals surface area contributed by atoms with Crippen LogP contribution in [0, 0.1) is 12.7 Å². The lowest BCUT2D eigenvalue weighted by Crippen LogP contribution is -2.27. The normalized spacial score (nSPS) is 16.8. The minimum absolute atomic E-state index is 0.0993. The highest BCUT2D eigenvalue weighted by Gasteiger charge is 2.30. The lowest BCUT2D eigenvalue weighted by molar-refractivity contribution is 0.0694. The number of carbonyl (C=O) groups excluding carboxylic acids is 1. The Hall–Kier alpha value is -2.57. The number of aromatic nitrogens is 1. The first kappa shape index (κ1) is 13.4. The second kappa shape index (κ2) is 4.21. The SMILES string of the molecule is Cc1c(F)c(N)c2c(=O)c(C(=O)[OH2+])cn3c2c1OC[C@@H]3C. The van der Waals surface area contributed by atoms with E-state index >= 15 is 0 Å². The molecule has 0 unspecified atom stereocenters. The van der Waals surface area contributed by atoms with Crippen LogP contribution in [0.2, 0.25) is 0 Å². The van der Waals surface area contributed by atoms with E-state index in [0.717, 1.165) is 0 Å². The molecule has 2 heterocycles. The maximum atomic E-state index is 14.2. The van der Waals surface area contributed by atoms with Gasteiger partial charge in [0.05, 0.1) is 22.6 Å². The van der Waals surface area contributed by atoms with Gasteiger partial charge in [0.1, 0.15) is 12.4 Å². The molecule has 3 rings (SSSR count). The molecule has 2 aromatic rings. The van der Waals surface area contributed by atoms with Crippen molar-refractivity contribution in [1.82, 2.24) is 4.57 Å². The number of nitrogens with zero attached hydrogens (tertiary/aromatic N) is 1. The van der Waals surface area contributed by atoms with Gasteiger partial charge in [-0.05, 0) is 13.8 Å². The number of hydrogen-bond donors (Lipinski definition) is 1. The van der Waals surface area contributed by atoms with E-state index in [1.807, 2.05) is 6.92 Å². The van der Waals surface area contributed by atoms with E-state index in [9.17, 15) is 14.0 Å². The number of rotatable bonds is 1. The fourth-order valence-electron chi connectivity index (χ4n) is 2.67. The number of halogens is 1. The predicted octanol–water partition coefficient (Wildman–Crippen LogP) is 0.849. The Bertz CT molecular complexity index is 857. The Morgan fingerprint density at radius 3 is 2.86 bits per heavy atom. The first-order valence-corrected chi connectivity index (χ1v) is 6.39. The molecule has 0 saturated heterocycles. The average Bonchev–Trinajstić information content (AvgIpc) is 2.43. The smallest absolute Gasteiger partial charge is 0.554 e. The molecule has 0 spiro atoms. The van der Waals surface area contributed by atoms with Gasteiger partial charge in [-0.15, -0.1) is 0 Å². The lowest BCUT2D eigenvalue weighted by atomic mass is 10.0. The number of nitrogen functional groups attached to an aromatic ring is 1. The number of nitrogens with two attached hydrogens (primary N) is 1. The van der Waals surface area contributed by atoms with Crippen molar-refractivity contribution in [2.24, 2.45) is 0 Å². The van der Waals surface area contributed by atoms with E-state index in [4.69, 9.17) is 15.6 Å². The van der Waals surface area contributed by atoms with Crippen molar-refractivity contribution < 1.29 is 19.0 Å². The standard InChI is InChI=1S/C14H13FN2O4/c1-5-4-21-13-6(2)9(15)10(16)8-11(13)17(5)3-7(12(8)18)14(19)20/h3,5H,4,16H2,1-2H3,(H,19,20)/p+1/t5-/m0/s1. The molecule has 110 valence electrons. The van der Waals surface area contributed by atoms with Crippen LogP contribution >= 0.6 is 0 Å². The minimum atomic E-state index is -1.12. The van der Waals surface area contributed by atoms with E-state index in [-0.39, 0.29) is 40.6 Å². The number of pyridine rings is 1. The van der Waals surface area contributed by atoms with Crippen molar-refractivity contribution in [2.75, 3.05) is 12.3 Å². The third kappa shape index (κ3) is 1.63. The highest BCUT2D eigenvalue weighted by Crippen LogP contribution is 2.39. The van der Waals surface area contributed by atoms with Crippen molar-refractivity contribution in [3.63, 3.8) is 0 Å². The second-order valence-corrected chi connectivity index (χ2v) is 5.17. The summed E-state index contributed by atoms with van der Waals surface area (Å²) in [6.45, 7) is 3.63.